The van der Waals surface area contributed by atoms with Gasteiger partial charge in [0.25, 0.3) is 0 Å². The number of anilines is 1. The summed E-state index contributed by atoms with van der Waals surface area (Å²) in [5.41, 5.74) is 11.5. The maximum Gasteiger partial charge on any atom is 0.152 e. The number of benzene rings is 2. The first kappa shape index (κ1) is 22.4. The summed E-state index contributed by atoms with van der Waals surface area (Å²) in [7, 11) is 0. The first-order valence-electron chi connectivity index (χ1n) is 11.2. The number of aromatic nitrogens is 2. The Bertz CT molecular complexity index is 1200. The Morgan fingerprint density at radius 3 is 2.64 bits per heavy atom. The van der Waals surface area contributed by atoms with Gasteiger partial charge in [0, 0.05) is 19.1 Å². The lowest BCUT2D eigenvalue weighted by Gasteiger charge is -2.42. The van der Waals surface area contributed by atoms with Gasteiger partial charge in [-0.05, 0) is 53.5 Å². The van der Waals surface area contributed by atoms with Crippen LogP contribution in [0.4, 0.5) is 5.82 Å². The number of aliphatic hydroxyl groups excluding tert-OH is 1. The van der Waals surface area contributed by atoms with Crippen LogP contribution in [-0.4, -0.2) is 28.2 Å². The summed E-state index contributed by atoms with van der Waals surface area (Å²) in [5.74, 6) is 0.745. The van der Waals surface area contributed by atoms with Gasteiger partial charge in [0.05, 0.1) is 28.5 Å². The lowest BCUT2D eigenvalue weighted by molar-refractivity contribution is 0.186. The summed E-state index contributed by atoms with van der Waals surface area (Å²) in [6.45, 7) is 1.52. The highest BCUT2D eigenvalue weighted by atomic mass is 35.5. The summed E-state index contributed by atoms with van der Waals surface area (Å²) in [5, 5.41) is 11.0. The molecule has 1 atom stereocenters. The van der Waals surface area contributed by atoms with Gasteiger partial charge in [0.15, 0.2) is 5.82 Å². The topological polar surface area (TPSA) is 75.3 Å². The number of hydrogen-bond donors (Lipinski definition) is 2. The number of rotatable bonds is 4. The fourth-order valence-corrected chi connectivity index (χ4v) is 5.55. The Balaban J connectivity index is 1.32. The Morgan fingerprint density at radius 1 is 1.09 bits per heavy atom. The largest absolute Gasteiger partial charge is 0.390 e. The minimum Gasteiger partial charge on any atom is -0.390 e. The molecule has 1 fully saturated rings. The van der Waals surface area contributed by atoms with Gasteiger partial charge in [0.1, 0.15) is 5.69 Å². The zero-order chi connectivity index (χ0) is 23.0. The molecule has 0 unspecified atom stereocenters. The van der Waals surface area contributed by atoms with Gasteiger partial charge in [-0.2, -0.15) is 0 Å². The van der Waals surface area contributed by atoms with E-state index in [1.165, 1.54) is 11.1 Å². The van der Waals surface area contributed by atoms with Gasteiger partial charge < -0.3 is 15.7 Å². The van der Waals surface area contributed by atoms with Crippen molar-refractivity contribution in [3.63, 3.8) is 0 Å². The van der Waals surface area contributed by atoms with Crippen LogP contribution in [0.15, 0.2) is 48.7 Å². The third kappa shape index (κ3) is 4.15. The molecule has 1 aliphatic heterocycles. The molecular formula is C26H26Cl2N4O. The van der Waals surface area contributed by atoms with E-state index in [-0.39, 0.29) is 18.1 Å². The quantitative estimate of drug-likeness (QED) is 0.530. The molecule has 7 heteroatoms. The van der Waals surface area contributed by atoms with Gasteiger partial charge in [0.2, 0.25) is 0 Å². The van der Waals surface area contributed by atoms with Crippen molar-refractivity contribution in [3.8, 4) is 0 Å². The Kier molecular flexibility index (Phi) is 6.14. The third-order valence-corrected chi connectivity index (χ3v) is 7.89. The number of aliphatic hydroxyl groups is 1. The van der Waals surface area contributed by atoms with Crippen LogP contribution in [-0.2, 0) is 13.0 Å². The molecule has 1 aliphatic carbocycles. The van der Waals surface area contributed by atoms with Gasteiger partial charge in [-0.15, -0.1) is 0 Å². The van der Waals surface area contributed by atoms with Crippen LogP contribution in [0.25, 0.3) is 12.2 Å². The molecular weight excluding hydrogens is 455 g/mol. The number of fused-ring (bicyclic) bond motifs is 1. The van der Waals surface area contributed by atoms with Crippen LogP contribution < -0.4 is 10.6 Å². The molecule has 0 saturated carbocycles. The first-order chi connectivity index (χ1) is 16.0. The molecule has 170 valence electrons. The van der Waals surface area contributed by atoms with E-state index < -0.39 is 0 Å². The van der Waals surface area contributed by atoms with Crippen molar-refractivity contribution in [2.45, 2.75) is 31.9 Å². The van der Waals surface area contributed by atoms with Gasteiger partial charge in [-0.3, -0.25) is 0 Å². The minimum absolute atomic E-state index is 0.0741. The highest BCUT2D eigenvalue weighted by molar-refractivity contribution is 6.42. The Labute approximate surface area is 203 Å². The second-order valence-electron chi connectivity index (χ2n) is 8.90. The van der Waals surface area contributed by atoms with Crippen molar-refractivity contribution in [3.05, 3.63) is 86.8 Å². The number of halogens is 2. The summed E-state index contributed by atoms with van der Waals surface area (Å²) < 4.78 is 0. The van der Waals surface area contributed by atoms with Gasteiger partial charge in [-0.25, -0.2) is 9.97 Å². The zero-order valence-corrected chi connectivity index (χ0v) is 19.7. The predicted octanol–water partition coefficient (Wildman–Crippen LogP) is 5.29. The molecule has 33 heavy (non-hydrogen) atoms. The second kappa shape index (κ2) is 9.07. The minimum atomic E-state index is -0.172. The number of piperidine rings is 1. The van der Waals surface area contributed by atoms with Crippen LogP contribution in [0.5, 0.6) is 0 Å². The maximum atomic E-state index is 9.99. The third-order valence-electron chi connectivity index (χ3n) is 7.06. The van der Waals surface area contributed by atoms with E-state index in [2.05, 4.69) is 39.1 Å². The molecule has 2 heterocycles. The maximum absolute atomic E-state index is 9.99. The first-order valence-corrected chi connectivity index (χ1v) is 11.9. The molecule has 1 aromatic heterocycles. The number of hydrogen-bond acceptors (Lipinski definition) is 5. The average molecular weight is 481 g/mol. The van der Waals surface area contributed by atoms with E-state index >= 15 is 0 Å². The van der Waals surface area contributed by atoms with Gasteiger partial charge in [-0.1, -0.05) is 65.7 Å². The van der Waals surface area contributed by atoms with Crippen molar-refractivity contribution in [1.29, 1.82) is 0 Å². The molecule has 0 radical (unpaired) electrons. The Hall–Kier alpha value is -2.44. The van der Waals surface area contributed by atoms with Crippen LogP contribution >= 0.6 is 23.2 Å². The van der Waals surface area contributed by atoms with Crippen LogP contribution in [0.3, 0.4) is 0 Å². The molecule has 0 amide bonds. The molecule has 2 aromatic carbocycles. The van der Waals surface area contributed by atoms with Gasteiger partial charge >= 0.3 is 0 Å². The molecule has 0 bridgehead atoms. The van der Waals surface area contributed by atoms with Crippen LogP contribution in [0, 0.1) is 5.41 Å². The van der Waals surface area contributed by atoms with E-state index in [0.29, 0.717) is 21.4 Å². The van der Waals surface area contributed by atoms with Crippen molar-refractivity contribution in [2.75, 3.05) is 18.0 Å². The van der Waals surface area contributed by atoms with E-state index in [1.54, 1.807) is 12.3 Å². The highest BCUT2D eigenvalue weighted by Crippen LogP contribution is 2.51. The van der Waals surface area contributed by atoms with E-state index in [0.717, 1.165) is 43.7 Å². The average Bonchev–Trinajstić information content (AvgIpc) is 3.11. The summed E-state index contributed by atoms with van der Waals surface area (Å²) >= 11 is 12.4. The molecule has 1 spiro atoms. The van der Waals surface area contributed by atoms with E-state index in [1.807, 2.05) is 24.3 Å². The smallest absolute Gasteiger partial charge is 0.152 e. The fraction of sp³-hybridized carbons (Fsp3) is 0.308. The van der Waals surface area contributed by atoms with Crippen LogP contribution in [0.2, 0.25) is 10.0 Å². The second-order valence-corrected chi connectivity index (χ2v) is 9.69. The summed E-state index contributed by atoms with van der Waals surface area (Å²) in [6, 6.07) is 14.1. The summed E-state index contributed by atoms with van der Waals surface area (Å²) in [4.78, 5) is 11.5. The molecule has 3 N–H and O–H groups in total. The number of nitrogens with zero attached hydrogens (tertiary/aromatic N) is 3. The lowest BCUT2D eigenvalue weighted by atomic mass is 9.73. The lowest BCUT2D eigenvalue weighted by Crippen LogP contribution is -2.45. The monoisotopic (exact) mass is 480 g/mol. The molecule has 2 aliphatic rings. The Morgan fingerprint density at radius 2 is 1.88 bits per heavy atom. The predicted molar refractivity (Wildman–Crippen MR) is 134 cm³/mol. The standard InChI is InChI=1S/C26H26Cl2N4O/c27-21-7-3-5-17(23(21)28)8-9-19-15-30-25(22(16-33)31-19)32-12-10-26(11-13-32)14-18-4-1-2-6-20(18)24(26)29/h1-9,15,24,33H,10-14,16,29H2/b9-8-/t24-/m1/s1. The van der Waals surface area contributed by atoms with E-state index in [9.17, 15) is 5.11 Å². The van der Waals surface area contributed by atoms with Crippen molar-refractivity contribution < 1.29 is 5.11 Å². The van der Waals surface area contributed by atoms with Crippen molar-refractivity contribution >= 4 is 41.2 Å². The molecule has 3 aromatic rings. The van der Waals surface area contributed by atoms with E-state index in [4.69, 9.17) is 28.9 Å². The SMILES string of the molecule is N[C@@H]1c2ccccc2CC12CCN(c1ncc(/C=C\c3cccc(Cl)c3Cl)nc1CO)CC2. The normalized spacial score (nSPS) is 19.4. The molecule has 1 saturated heterocycles. The molecule has 5 nitrogen and oxygen atoms in total. The summed E-state index contributed by atoms with van der Waals surface area (Å²) in [6.07, 6.45) is 8.42. The number of nitrogens with two attached hydrogens (primary N) is 1. The zero-order valence-electron chi connectivity index (χ0n) is 18.2. The van der Waals surface area contributed by atoms with Crippen LogP contribution in [0.1, 0.15) is 47.0 Å². The molecule has 5 rings (SSSR count). The highest BCUT2D eigenvalue weighted by Gasteiger charge is 2.46. The van der Waals surface area contributed by atoms with Crippen molar-refractivity contribution in [2.24, 2.45) is 11.1 Å². The fourth-order valence-electron chi connectivity index (χ4n) is 5.18. The van der Waals surface area contributed by atoms with Crippen molar-refractivity contribution in [1.82, 2.24) is 9.97 Å².